The lowest BCUT2D eigenvalue weighted by Gasteiger charge is -2.39. The van der Waals surface area contributed by atoms with Gasteiger partial charge in [-0.3, -0.25) is 4.79 Å². The van der Waals surface area contributed by atoms with E-state index < -0.39 is 0 Å². The van der Waals surface area contributed by atoms with Crippen molar-refractivity contribution in [3.8, 4) is 0 Å². The maximum Gasteiger partial charge on any atom is 0.225 e. The first-order valence-corrected chi connectivity index (χ1v) is 8.78. The number of carbonyl (C=O) groups is 1. The quantitative estimate of drug-likeness (QED) is 0.917. The van der Waals surface area contributed by atoms with Gasteiger partial charge in [0.05, 0.1) is 0 Å². The summed E-state index contributed by atoms with van der Waals surface area (Å²) in [6.07, 6.45) is 5.10. The van der Waals surface area contributed by atoms with E-state index in [-0.39, 0.29) is 24.4 Å². The van der Waals surface area contributed by atoms with Crippen LogP contribution in [0.25, 0.3) is 0 Å². The Morgan fingerprint density at radius 2 is 1.96 bits per heavy atom. The molecule has 1 aliphatic heterocycles. The van der Waals surface area contributed by atoms with E-state index in [2.05, 4.69) is 42.2 Å². The van der Waals surface area contributed by atoms with Crippen molar-refractivity contribution in [2.45, 2.75) is 51.0 Å². The zero-order chi connectivity index (χ0) is 15.5. The molecule has 0 radical (unpaired) electrons. The van der Waals surface area contributed by atoms with Gasteiger partial charge in [-0.05, 0) is 43.1 Å². The van der Waals surface area contributed by atoms with Crippen LogP contribution in [-0.4, -0.2) is 29.9 Å². The third-order valence-corrected chi connectivity index (χ3v) is 5.62. The molecule has 0 spiro atoms. The molecular formula is C19H29ClN2O. The summed E-state index contributed by atoms with van der Waals surface area (Å²) in [5.74, 6) is 1.72. The van der Waals surface area contributed by atoms with E-state index in [9.17, 15) is 4.79 Å². The Hall–Kier alpha value is -1.06. The van der Waals surface area contributed by atoms with Gasteiger partial charge in [-0.2, -0.15) is 0 Å². The van der Waals surface area contributed by atoms with E-state index in [1.54, 1.807) is 0 Å². The highest BCUT2D eigenvalue weighted by Crippen LogP contribution is 2.36. The fraction of sp³-hybridized carbons (Fsp3) is 0.632. The summed E-state index contributed by atoms with van der Waals surface area (Å²) in [6, 6.07) is 11.0. The number of carbonyl (C=O) groups excluding carboxylic acids is 1. The summed E-state index contributed by atoms with van der Waals surface area (Å²) < 4.78 is 0. The second-order valence-corrected chi connectivity index (χ2v) is 7.03. The Bertz CT molecular complexity index is 507. The number of hydrogen-bond acceptors (Lipinski definition) is 2. The SMILES string of the molecule is CCC1CN(C(=O)C2CCC(N)C2)CCC1c1ccccc1.Cl. The molecule has 1 saturated heterocycles. The number of hydrogen-bond donors (Lipinski definition) is 1. The van der Waals surface area contributed by atoms with Crippen molar-refractivity contribution in [2.75, 3.05) is 13.1 Å². The van der Waals surface area contributed by atoms with E-state index in [1.807, 2.05) is 0 Å². The van der Waals surface area contributed by atoms with Gasteiger partial charge in [0.15, 0.2) is 0 Å². The standard InChI is InChI=1S/C19H28N2O.ClH/c1-2-14-13-21(19(22)16-8-9-17(20)12-16)11-10-18(14)15-6-4-3-5-7-15;/h3-7,14,16-18H,2,8-13,20H2,1H3;1H. The van der Waals surface area contributed by atoms with E-state index in [0.717, 1.165) is 45.2 Å². The van der Waals surface area contributed by atoms with Crippen LogP contribution in [0.3, 0.4) is 0 Å². The van der Waals surface area contributed by atoms with Gasteiger partial charge in [-0.25, -0.2) is 0 Å². The van der Waals surface area contributed by atoms with Crippen LogP contribution in [0.1, 0.15) is 50.5 Å². The first-order valence-electron chi connectivity index (χ1n) is 8.78. The topological polar surface area (TPSA) is 46.3 Å². The van der Waals surface area contributed by atoms with Gasteiger partial charge >= 0.3 is 0 Å². The third-order valence-electron chi connectivity index (χ3n) is 5.62. The van der Waals surface area contributed by atoms with Crippen LogP contribution in [0.15, 0.2) is 30.3 Å². The van der Waals surface area contributed by atoms with Crippen molar-refractivity contribution in [2.24, 2.45) is 17.6 Å². The summed E-state index contributed by atoms with van der Waals surface area (Å²) >= 11 is 0. The van der Waals surface area contributed by atoms with Crippen molar-refractivity contribution in [1.29, 1.82) is 0 Å². The number of nitrogens with zero attached hydrogens (tertiary/aromatic N) is 1. The second kappa shape index (κ2) is 8.16. The largest absolute Gasteiger partial charge is 0.342 e. The summed E-state index contributed by atoms with van der Waals surface area (Å²) in [5, 5.41) is 0. The van der Waals surface area contributed by atoms with E-state index in [0.29, 0.717) is 17.7 Å². The summed E-state index contributed by atoms with van der Waals surface area (Å²) in [4.78, 5) is 14.8. The minimum absolute atomic E-state index is 0. The van der Waals surface area contributed by atoms with Crippen molar-refractivity contribution in [3.63, 3.8) is 0 Å². The molecule has 1 aromatic carbocycles. The maximum atomic E-state index is 12.7. The fourth-order valence-corrected chi connectivity index (χ4v) is 4.28. The molecule has 128 valence electrons. The van der Waals surface area contributed by atoms with Gasteiger partial charge in [0.25, 0.3) is 0 Å². The smallest absolute Gasteiger partial charge is 0.225 e. The highest BCUT2D eigenvalue weighted by molar-refractivity contribution is 5.85. The van der Waals surface area contributed by atoms with Crippen LogP contribution < -0.4 is 5.73 Å². The number of benzene rings is 1. The average molecular weight is 337 g/mol. The van der Waals surface area contributed by atoms with Crippen LogP contribution in [-0.2, 0) is 4.79 Å². The molecule has 1 aliphatic carbocycles. The molecular weight excluding hydrogens is 308 g/mol. The van der Waals surface area contributed by atoms with Gasteiger partial charge in [0, 0.05) is 25.0 Å². The van der Waals surface area contributed by atoms with Gasteiger partial charge in [0.1, 0.15) is 0 Å². The van der Waals surface area contributed by atoms with Gasteiger partial charge in [0.2, 0.25) is 5.91 Å². The highest BCUT2D eigenvalue weighted by atomic mass is 35.5. The van der Waals surface area contributed by atoms with E-state index >= 15 is 0 Å². The Morgan fingerprint density at radius 1 is 1.22 bits per heavy atom. The Kier molecular flexibility index (Phi) is 6.49. The maximum absolute atomic E-state index is 12.7. The monoisotopic (exact) mass is 336 g/mol. The molecule has 1 aromatic rings. The van der Waals surface area contributed by atoms with Crippen molar-refractivity contribution in [1.82, 2.24) is 4.90 Å². The van der Waals surface area contributed by atoms with Crippen LogP contribution >= 0.6 is 12.4 Å². The summed E-state index contributed by atoms with van der Waals surface area (Å²) in [6.45, 7) is 4.07. The normalized spacial score (nSPS) is 30.8. The molecule has 4 unspecified atom stereocenters. The van der Waals surface area contributed by atoms with Crippen LogP contribution in [0, 0.1) is 11.8 Å². The Balaban J connectivity index is 0.00000192. The molecule has 1 amide bonds. The molecule has 2 aliphatic rings. The Labute approximate surface area is 146 Å². The number of likely N-dealkylation sites (tertiary alicyclic amines) is 1. The zero-order valence-electron chi connectivity index (χ0n) is 14.0. The number of piperidine rings is 1. The summed E-state index contributed by atoms with van der Waals surface area (Å²) in [5.41, 5.74) is 7.41. The van der Waals surface area contributed by atoms with Crippen LogP contribution in [0.5, 0.6) is 0 Å². The van der Waals surface area contributed by atoms with E-state index in [4.69, 9.17) is 5.73 Å². The lowest BCUT2D eigenvalue weighted by atomic mass is 9.79. The molecule has 4 heteroatoms. The predicted molar refractivity (Wildman–Crippen MR) is 96.7 cm³/mol. The molecule has 23 heavy (non-hydrogen) atoms. The minimum Gasteiger partial charge on any atom is -0.342 e. The lowest BCUT2D eigenvalue weighted by molar-refractivity contribution is -0.137. The lowest BCUT2D eigenvalue weighted by Crippen LogP contribution is -2.45. The molecule has 2 fully saturated rings. The molecule has 2 N–H and O–H groups in total. The number of halogens is 1. The first kappa shape index (κ1) is 18.3. The molecule has 4 atom stereocenters. The average Bonchev–Trinajstić information content (AvgIpc) is 3.01. The molecule has 1 heterocycles. The van der Waals surface area contributed by atoms with Crippen LogP contribution in [0.2, 0.25) is 0 Å². The molecule has 0 aromatic heterocycles. The summed E-state index contributed by atoms with van der Waals surface area (Å²) in [7, 11) is 0. The molecule has 1 saturated carbocycles. The molecule has 3 rings (SSSR count). The van der Waals surface area contributed by atoms with Crippen molar-refractivity contribution >= 4 is 18.3 Å². The Morgan fingerprint density at radius 3 is 2.57 bits per heavy atom. The number of rotatable bonds is 3. The van der Waals surface area contributed by atoms with Gasteiger partial charge in [-0.15, -0.1) is 12.4 Å². The van der Waals surface area contributed by atoms with Crippen molar-refractivity contribution in [3.05, 3.63) is 35.9 Å². The first-order chi connectivity index (χ1) is 10.7. The molecule has 0 bridgehead atoms. The molecule has 3 nitrogen and oxygen atoms in total. The highest BCUT2D eigenvalue weighted by Gasteiger charge is 2.36. The minimum atomic E-state index is 0. The van der Waals surface area contributed by atoms with Crippen LogP contribution in [0.4, 0.5) is 0 Å². The number of amides is 1. The van der Waals surface area contributed by atoms with Gasteiger partial charge < -0.3 is 10.6 Å². The number of nitrogens with two attached hydrogens (primary N) is 1. The van der Waals surface area contributed by atoms with E-state index in [1.165, 1.54) is 5.56 Å². The third kappa shape index (κ3) is 4.07. The fourth-order valence-electron chi connectivity index (χ4n) is 4.28. The van der Waals surface area contributed by atoms with Crippen molar-refractivity contribution < 1.29 is 4.79 Å². The predicted octanol–water partition coefficient (Wildman–Crippen LogP) is 3.58. The zero-order valence-corrected chi connectivity index (χ0v) is 14.8. The van der Waals surface area contributed by atoms with Gasteiger partial charge in [-0.1, -0.05) is 43.7 Å². The second-order valence-electron chi connectivity index (χ2n) is 7.03.